The van der Waals surface area contributed by atoms with E-state index in [9.17, 15) is 41.2 Å². The van der Waals surface area contributed by atoms with E-state index in [2.05, 4.69) is 10.4 Å². The van der Waals surface area contributed by atoms with Gasteiger partial charge in [0, 0.05) is 12.0 Å². The van der Waals surface area contributed by atoms with E-state index in [-0.39, 0.29) is 45.3 Å². The van der Waals surface area contributed by atoms with Crippen LogP contribution in [-0.2, 0) is 25.8 Å². The minimum Gasteiger partial charge on any atom is -0.569 e. The molecule has 1 aromatic heterocycles. The molecular formula is C31H26F3N7O7S. The number of aryl methyl sites for hydroxylation is 1. The van der Waals surface area contributed by atoms with Crippen molar-refractivity contribution in [3.63, 3.8) is 0 Å². The van der Waals surface area contributed by atoms with Crippen LogP contribution in [0, 0.1) is 12.1 Å². The number of aromatic nitrogens is 2. The normalized spacial score (nSPS) is 17.1. The summed E-state index contributed by atoms with van der Waals surface area (Å²) in [5.74, 6) is -2.33. The third kappa shape index (κ3) is 6.29. The van der Waals surface area contributed by atoms with Crippen LogP contribution in [0.4, 0.5) is 13.2 Å². The molecule has 2 atom stereocenters. The SMILES string of the molecule is Cc1ccc(-c2cc(C(F)(F)F)nn2-c2ccc(S(=O)(=O)NC(=O)[C@@H]3CCN3[N+]([O-])=NOC(C)N3C(=O)c4ccccc4C3=O)cc2)cc1. The number of hydrogen-bond donors (Lipinski definition) is 1. The number of nitrogens with zero attached hydrogens (tertiary/aromatic N) is 6. The summed E-state index contributed by atoms with van der Waals surface area (Å²) >= 11 is 0. The van der Waals surface area contributed by atoms with E-state index in [1.165, 1.54) is 31.2 Å². The van der Waals surface area contributed by atoms with Gasteiger partial charge in [-0.2, -0.15) is 18.3 Å². The fourth-order valence-electron chi connectivity index (χ4n) is 5.26. The largest absolute Gasteiger partial charge is 0.569 e. The van der Waals surface area contributed by atoms with Gasteiger partial charge in [0.25, 0.3) is 27.7 Å². The van der Waals surface area contributed by atoms with Gasteiger partial charge in [-0.3, -0.25) is 14.4 Å². The highest BCUT2D eigenvalue weighted by Gasteiger charge is 2.44. The highest BCUT2D eigenvalue weighted by atomic mass is 32.2. The van der Waals surface area contributed by atoms with E-state index < -0.39 is 51.9 Å². The predicted octanol–water partition coefficient (Wildman–Crippen LogP) is 4.20. The van der Waals surface area contributed by atoms with Gasteiger partial charge < -0.3 is 10.0 Å². The number of carbonyl (C=O) groups is 3. The van der Waals surface area contributed by atoms with Crippen molar-refractivity contribution >= 4 is 27.7 Å². The second-order valence-corrected chi connectivity index (χ2v) is 12.9. The number of benzene rings is 3. The summed E-state index contributed by atoms with van der Waals surface area (Å²) < 4.78 is 69.7. The molecule has 1 saturated heterocycles. The van der Waals surface area contributed by atoms with E-state index in [1.807, 2.05) is 11.6 Å². The molecular weight excluding hydrogens is 671 g/mol. The zero-order valence-corrected chi connectivity index (χ0v) is 26.5. The Morgan fingerprint density at radius 2 is 1.65 bits per heavy atom. The minimum absolute atomic E-state index is 0.0116. The van der Waals surface area contributed by atoms with Gasteiger partial charge >= 0.3 is 6.18 Å². The summed E-state index contributed by atoms with van der Waals surface area (Å²) in [6.45, 7) is 3.16. The van der Waals surface area contributed by atoms with Crippen LogP contribution in [0.5, 0.6) is 0 Å². The maximum atomic E-state index is 13.6. The van der Waals surface area contributed by atoms with Gasteiger partial charge in [0.2, 0.25) is 11.5 Å². The number of alkyl halides is 3. The second-order valence-electron chi connectivity index (χ2n) is 11.2. The van der Waals surface area contributed by atoms with E-state index in [1.54, 1.807) is 36.4 Å². The lowest BCUT2D eigenvalue weighted by molar-refractivity contribution is -0.729. The first kappa shape index (κ1) is 33.1. The summed E-state index contributed by atoms with van der Waals surface area (Å²) in [5, 5.41) is 20.5. The van der Waals surface area contributed by atoms with E-state index in [4.69, 9.17) is 4.84 Å². The Morgan fingerprint density at radius 1 is 1.04 bits per heavy atom. The zero-order chi connectivity index (χ0) is 35.2. The van der Waals surface area contributed by atoms with Gasteiger partial charge in [-0.15, -0.1) is 5.01 Å². The number of hydrazine groups is 1. The Bertz CT molecular complexity index is 2070. The molecule has 4 aromatic rings. The van der Waals surface area contributed by atoms with E-state index in [0.29, 0.717) is 5.56 Å². The first-order chi connectivity index (χ1) is 23.2. The Hall–Kier alpha value is -5.78. The molecule has 49 heavy (non-hydrogen) atoms. The molecule has 1 fully saturated rings. The van der Waals surface area contributed by atoms with Gasteiger partial charge in [-0.1, -0.05) is 42.0 Å². The number of sulfonamides is 1. The molecule has 18 heteroatoms. The van der Waals surface area contributed by atoms with Crippen molar-refractivity contribution in [3.05, 3.63) is 106 Å². The summed E-state index contributed by atoms with van der Waals surface area (Å²) in [7, 11) is -4.49. The first-order valence-corrected chi connectivity index (χ1v) is 16.1. The fourth-order valence-corrected chi connectivity index (χ4v) is 6.27. The number of rotatable bonds is 9. The molecule has 3 amide bonds. The van der Waals surface area contributed by atoms with Gasteiger partial charge in [0.15, 0.2) is 11.7 Å². The number of carbonyl (C=O) groups excluding carboxylic acids is 3. The number of nitrogens with one attached hydrogen (secondary N) is 1. The molecule has 1 N–H and O–H groups in total. The number of halogens is 3. The number of fused-ring (bicyclic) bond motifs is 1. The van der Waals surface area contributed by atoms with Gasteiger partial charge in [0.1, 0.15) is 0 Å². The molecule has 0 aliphatic carbocycles. The third-order valence-corrected chi connectivity index (χ3v) is 9.31. The van der Waals surface area contributed by atoms with Crippen molar-refractivity contribution in [1.82, 2.24) is 24.4 Å². The zero-order valence-electron chi connectivity index (χ0n) is 25.7. The molecule has 0 radical (unpaired) electrons. The topological polar surface area (TPSA) is 169 Å². The van der Waals surface area contributed by atoms with Gasteiger partial charge in [-0.25, -0.2) is 22.7 Å². The number of amides is 3. The molecule has 3 aromatic carbocycles. The lowest BCUT2D eigenvalue weighted by atomic mass is 10.1. The summed E-state index contributed by atoms with van der Waals surface area (Å²) in [4.78, 5) is 43.6. The molecule has 0 bridgehead atoms. The number of hydrogen-bond acceptors (Lipinski definition) is 9. The van der Waals surface area contributed by atoms with Crippen LogP contribution in [0.3, 0.4) is 0 Å². The fraction of sp³-hybridized carbons (Fsp3) is 0.226. The maximum Gasteiger partial charge on any atom is 0.435 e. The van der Waals surface area contributed by atoms with Crippen LogP contribution in [0.15, 0.2) is 89.0 Å². The third-order valence-electron chi connectivity index (χ3n) is 7.95. The van der Waals surface area contributed by atoms with E-state index in [0.717, 1.165) is 38.4 Å². The Labute approximate surface area is 276 Å². The predicted molar refractivity (Wildman–Crippen MR) is 163 cm³/mol. The molecule has 2 aliphatic rings. The highest BCUT2D eigenvalue weighted by molar-refractivity contribution is 7.90. The molecule has 3 heterocycles. The average Bonchev–Trinajstić information content (AvgIpc) is 3.59. The van der Waals surface area contributed by atoms with Crippen LogP contribution in [0.2, 0.25) is 0 Å². The van der Waals surface area contributed by atoms with Gasteiger partial charge in [0.05, 0.1) is 38.9 Å². The molecule has 14 nitrogen and oxygen atoms in total. The molecule has 2 aliphatic heterocycles. The van der Waals surface area contributed by atoms with Crippen molar-refractivity contribution in [2.45, 2.75) is 43.6 Å². The summed E-state index contributed by atoms with van der Waals surface area (Å²) in [6, 6.07) is 17.2. The Balaban J connectivity index is 1.13. The molecule has 6 rings (SSSR count). The molecule has 0 saturated carbocycles. The monoisotopic (exact) mass is 697 g/mol. The highest BCUT2D eigenvalue weighted by Crippen LogP contribution is 2.33. The Morgan fingerprint density at radius 3 is 2.20 bits per heavy atom. The van der Waals surface area contributed by atoms with Crippen molar-refractivity contribution < 1.29 is 45.8 Å². The standard InChI is InChI=1S/C31H26F3N7O7S/c1-18-7-9-20(10-8-18)26-17-27(31(32,33)34)35-40(26)21-11-13-22(14-12-21)49(46,47)36-28(42)25-15-16-38(25)41(45)37-48-19(2)39-29(43)23-5-3-4-6-24(23)30(39)44/h3-14,17,19,25H,15-16H2,1-2H3,(H,36,42)/t19?,25-/m0/s1. The van der Waals surface area contributed by atoms with Crippen LogP contribution < -0.4 is 4.72 Å². The molecule has 1 unspecified atom stereocenters. The summed E-state index contributed by atoms with van der Waals surface area (Å²) in [5.41, 5.74) is 0.788. The van der Waals surface area contributed by atoms with Crippen LogP contribution in [-0.4, -0.2) is 69.6 Å². The van der Waals surface area contributed by atoms with Crippen LogP contribution in [0.1, 0.15) is 45.3 Å². The van der Waals surface area contributed by atoms with Crippen molar-refractivity contribution in [1.29, 1.82) is 0 Å². The lowest BCUT2D eigenvalue weighted by Crippen LogP contribution is -2.59. The average molecular weight is 698 g/mol. The van der Waals surface area contributed by atoms with Crippen LogP contribution >= 0.6 is 0 Å². The van der Waals surface area contributed by atoms with Crippen molar-refractivity contribution in [2.24, 2.45) is 5.28 Å². The summed E-state index contributed by atoms with van der Waals surface area (Å²) in [6.07, 6.45) is -5.93. The molecule has 0 spiro atoms. The molecule has 254 valence electrons. The quantitative estimate of drug-likeness (QED) is 0.117. The Kier molecular flexibility index (Phi) is 8.35. The number of imide groups is 1. The van der Waals surface area contributed by atoms with Crippen molar-refractivity contribution in [2.75, 3.05) is 6.54 Å². The first-order valence-electron chi connectivity index (χ1n) is 14.6. The smallest absolute Gasteiger partial charge is 0.435 e. The van der Waals surface area contributed by atoms with Gasteiger partial charge in [-0.05, 0) is 56.3 Å². The lowest BCUT2D eigenvalue weighted by Gasteiger charge is -2.34. The van der Waals surface area contributed by atoms with E-state index >= 15 is 0 Å². The van der Waals surface area contributed by atoms with Crippen LogP contribution in [0.25, 0.3) is 16.9 Å². The maximum absolute atomic E-state index is 13.6. The second kappa shape index (κ2) is 12.3. The van der Waals surface area contributed by atoms with Crippen molar-refractivity contribution in [3.8, 4) is 16.9 Å². The minimum atomic E-state index is -4.73.